The lowest BCUT2D eigenvalue weighted by atomic mass is 10.2. The molecule has 0 bridgehead atoms. The van der Waals surface area contributed by atoms with E-state index >= 15 is 0 Å². The van der Waals surface area contributed by atoms with Crippen LogP contribution >= 0.6 is 61.7 Å². The summed E-state index contributed by atoms with van der Waals surface area (Å²) in [4.78, 5) is 16.5. The van der Waals surface area contributed by atoms with Crippen LogP contribution in [0.15, 0.2) is 68.1 Å². The predicted octanol–water partition coefficient (Wildman–Crippen LogP) is 6.97. The number of esters is 1. The zero-order chi connectivity index (χ0) is 19.8. The van der Waals surface area contributed by atoms with E-state index in [1.165, 1.54) is 6.08 Å². The second kappa shape index (κ2) is 8.02. The Morgan fingerprint density at radius 1 is 1.07 bits per heavy atom. The number of cyclic esters (lactones) is 1. The van der Waals surface area contributed by atoms with Crippen LogP contribution in [0.5, 0.6) is 0 Å². The van der Waals surface area contributed by atoms with Crippen molar-refractivity contribution in [2.24, 2.45) is 4.99 Å². The van der Waals surface area contributed by atoms with Crippen molar-refractivity contribution in [1.82, 2.24) is 0 Å². The van der Waals surface area contributed by atoms with Crippen LogP contribution in [-0.4, -0.2) is 11.9 Å². The average molecular weight is 589 g/mol. The number of aliphatic imine (C=N–C) groups is 1. The van der Waals surface area contributed by atoms with Crippen LogP contribution in [0.4, 0.5) is 0 Å². The minimum atomic E-state index is -0.535. The molecule has 0 saturated heterocycles. The van der Waals surface area contributed by atoms with E-state index in [0.29, 0.717) is 32.7 Å². The lowest BCUT2D eigenvalue weighted by molar-refractivity contribution is -0.129. The molecule has 140 valence electrons. The summed E-state index contributed by atoms with van der Waals surface area (Å²) >= 11 is 17.8. The molecule has 1 aromatic heterocycles. The van der Waals surface area contributed by atoms with E-state index in [2.05, 4.69) is 43.5 Å². The molecule has 0 N–H and O–H groups in total. The highest BCUT2D eigenvalue weighted by Gasteiger charge is 2.25. The zero-order valence-corrected chi connectivity index (χ0v) is 19.1. The van der Waals surface area contributed by atoms with Gasteiger partial charge in [0, 0.05) is 30.3 Å². The van der Waals surface area contributed by atoms with Gasteiger partial charge >= 0.3 is 5.97 Å². The Morgan fingerprint density at radius 3 is 2.64 bits per heavy atom. The number of hydrogen-bond donors (Lipinski definition) is 0. The molecule has 1 aliphatic rings. The van der Waals surface area contributed by atoms with Gasteiger partial charge in [0.15, 0.2) is 5.70 Å². The van der Waals surface area contributed by atoms with Crippen molar-refractivity contribution in [3.8, 4) is 11.3 Å². The third-order valence-electron chi connectivity index (χ3n) is 3.89. The smallest absolute Gasteiger partial charge is 0.363 e. The van der Waals surface area contributed by atoms with Gasteiger partial charge in [-0.05, 0) is 87.1 Å². The number of rotatable bonds is 3. The molecule has 0 saturated carbocycles. The van der Waals surface area contributed by atoms with Gasteiger partial charge in [0.05, 0.1) is 5.02 Å². The van der Waals surface area contributed by atoms with Crippen LogP contribution in [0.3, 0.4) is 0 Å². The number of hydrogen-bond acceptors (Lipinski definition) is 4. The fourth-order valence-corrected chi connectivity index (χ4v) is 3.78. The Kier molecular flexibility index (Phi) is 5.64. The first-order valence-corrected chi connectivity index (χ1v) is 10.6. The molecule has 2 heterocycles. The molecule has 0 amide bonds. The van der Waals surface area contributed by atoms with Gasteiger partial charge < -0.3 is 9.15 Å². The first-order valence-electron chi connectivity index (χ1n) is 7.94. The van der Waals surface area contributed by atoms with Crippen LogP contribution < -0.4 is 0 Å². The molecule has 28 heavy (non-hydrogen) atoms. The van der Waals surface area contributed by atoms with E-state index in [9.17, 15) is 4.79 Å². The van der Waals surface area contributed by atoms with Crippen molar-refractivity contribution in [2.45, 2.75) is 0 Å². The zero-order valence-electron chi connectivity index (χ0n) is 13.9. The molecule has 3 aromatic rings. The van der Waals surface area contributed by atoms with Gasteiger partial charge in [-0.25, -0.2) is 9.79 Å². The lowest BCUT2D eigenvalue weighted by Crippen LogP contribution is -2.05. The normalized spacial score (nSPS) is 15.1. The van der Waals surface area contributed by atoms with Gasteiger partial charge in [0.1, 0.15) is 11.5 Å². The standard InChI is InChI=1S/C20H9BrCl2INO3/c21-14-7-10(1-5-16(14)24)19-25-17(20(26)28-19)9-12-3-6-18(27-12)13-4-2-11(22)8-15(13)23/h1-9H/b17-9-. The Bertz CT molecular complexity index is 1170. The number of benzene rings is 2. The molecular weight excluding hydrogens is 580 g/mol. The van der Waals surface area contributed by atoms with Crippen LogP contribution in [0.1, 0.15) is 11.3 Å². The second-order valence-corrected chi connectivity index (χ2v) is 8.65. The Balaban J connectivity index is 1.64. The van der Waals surface area contributed by atoms with Gasteiger partial charge in [-0.2, -0.15) is 0 Å². The molecule has 0 aliphatic carbocycles. The first kappa shape index (κ1) is 19.7. The number of carbonyl (C=O) groups excluding carboxylic acids is 1. The van der Waals surface area contributed by atoms with E-state index in [0.717, 1.165) is 8.04 Å². The number of nitrogens with zero attached hydrogens (tertiary/aromatic N) is 1. The molecule has 1 aliphatic heterocycles. The number of ether oxygens (including phenoxy) is 1. The molecule has 4 nitrogen and oxygen atoms in total. The van der Waals surface area contributed by atoms with E-state index in [1.807, 2.05) is 18.2 Å². The van der Waals surface area contributed by atoms with E-state index in [4.69, 9.17) is 32.4 Å². The second-order valence-electron chi connectivity index (χ2n) is 5.79. The van der Waals surface area contributed by atoms with Crippen molar-refractivity contribution in [1.29, 1.82) is 0 Å². The quantitative estimate of drug-likeness (QED) is 0.189. The molecule has 0 radical (unpaired) electrons. The summed E-state index contributed by atoms with van der Waals surface area (Å²) in [6, 6.07) is 14.2. The van der Waals surface area contributed by atoms with E-state index < -0.39 is 5.97 Å². The molecule has 0 unspecified atom stereocenters. The van der Waals surface area contributed by atoms with Crippen LogP contribution in [0.2, 0.25) is 10.0 Å². The summed E-state index contributed by atoms with van der Waals surface area (Å²) in [7, 11) is 0. The van der Waals surface area contributed by atoms with Crippen LogP contribution in [-0.2, 0) is 9.53 Å². The average Bonchev–Trinajstić information content (AvgIpc) is 3.25. The molecule has 2 aromatic carbocycles. The van der Waals surface area contributed by atoms with Gasteiger partial charge in [-0.15, -0.1) is 0 Å². The van der Waals surface area contributed by atoms with Gasteiger partial charge in [0.2, 0.25) is 5.90 Å². The third-order valence-corrected chi connectivity index (χ3v) is 6.78. The van der Waals surface area contributed by atoms with Crippen LogP contribution in [0, 0.1) is 3.57 Å². The molecule has 0 spiro atoms. The van der Waals surface area contributed by atoms with Crippen molar-refractivity contribution >= 4 is 79.7 Å². The van der Waals surface area contributed by atoms with Crippen molar-refractivity contribution in [3.63, 3.8) is 0 Å². The topological polar surface area (TPSA) is 51.8 Å². The number of halogens is 4. The fourth-order valence-electron chi connectivity index (χ4n) is 2.56. The minimum Gasteiger partial charge on any atom is -0.457 e. The molecule has 8 heteroatoms. The summed E-state index contributed by atoms with van der Waals surface area (Å²) in [6.07, 6.45) is 1.53. The largest absolute Gasteiger partial charge is 0.457 e. The monoisotopic (exact) mass is 587 g/mol. The van der Waals surface area contributed by atoms with E-state index in [1.54, 1.807) is 30.3 Å². The Labute approximate surface area is 192 Å². The highest BCUT2D eigenvalue weighted by Crippen LogP contribution is 2.32. The van der Waals surface area contributed by atoms with Crippen LogP contribution in [0.25, 0.3) is 17.4 Å². The van der Waals surface area contributed by atoms with E-state index in [-0.39, 0.29) is 11.6 Å². The summed E-state index contributed by atoms with van der Waals surface area (Å²) in [6.45, 7) is 0. The molecule has 0 atom stereocenters. The SMILES string of the molecule is O=C1OC(c2ccc(I)c(Br)c2)=N/C1=C\c1ccc(-c2ccc(Cl)cc2Cl)o1. The maximum absolute atomic E-state index is 12.2. The first-order chi connectivity index (χ1) is 13.4. The Hall–Kier alpha value is -1.61. The van der Waals surface area contributed by atoms with Gasteiger partial charge in [0.25, 0.3) is 0 Å². The number of furan rings is 1. The van der Waals surface area contributed by atoms with Crippen molar-refractivity contribution < 1.29 is 13.9 Å². The summed E-state index contributed by atoms with van der Waals surface area (Å²) in [5.41, 5.74) is 1.57. The Morgan fingerprint density at radius 2 is 1.89 bits per heavy atom. The van der Waals surface area contributed by atoms with Gasteiger partial charge in [-0.3, -0.25) is 0 Å². The highest BCUT2D eigenvalue weighted by molar-refractivity contribution is 14.1. The van der Waals surface area contributed by atoms with Crippen molar-refractivity contribution in [3.05, 3.63) is 83.6 Å². The highest BCUT2D eigenvalue weighted by atomic mass is 127. The maximum Gasteiger partial charge on any atom is 0.363 e. The van der Waals surface area contributed by atoms with Gasteiger partial charge in [-0.1, -0.05) is 23.2 Å². The fraction of sp³-hybridized carbons (Fsp3) is 0. The summed E-state index contributed by atoms with van der Waals surface area (Å²) < 4.78 is 13.0. The maximum atomic E-state index is 12.2. The number of carbonyl (C=O) groups is 1. The molecule has 4 rings (SSSR count). The third kappa shape index (κ3) is 4.05. The van der Waals surface area contributed by atoms with Crippen molar-refractivity contribution in [2.75, 3.05) is 0 Å². The predicted molar refractivity (Wildman–Crippen MR) is 122 cm³/mol. The summed E-state index contributed by atoms with van der Waals surface area (Å²) in [5.74, 6) is 0.737. The minimum absolute atomic E-state index is 0.160. The lowest BCUT2D eigenvalue weighted by Gasteiger charge is -2.01. The molecule has 0 fully saturated rings. The molecular formula is C20H9BrCl2INO3. The summed E-state index contributed by atoms with van der Waals surface area (Å²) in [5, 5.41) is 1.02.